The molecule has 0 aromatic rings. The van der Waals surface area contributed by atoms with Crippen LogP contribution in [-0.2, 0) is 0 Å². The highest BCUT2D eigenvalue weighted by atomic mass is 16.3. The summed E-state index contributed by atoms with van der Waals surface area (Å²) in [5, 5.41) is 9.73. The minimum atomic E-state index is -0.0598. The molecule has 1 nitrogen and oxygen atoms in total. The monoisotopic (exact) mass is 184 g/mol. The first-order chi connectivity index (χ1) is 5.82. The third-order valence-corrected chi connectivity index (χ3v) is 3.81. The molecule has 0 aliphatic heterocycles. The van der Waals surface area contributed by atoms with E-state index in [-0.39, 0.29) is 6.10 Å². The summed E-state index contributed by atoms with van der Waals surface area (Å²) in [5.74, 6) is 2.10. The van der Waals surface area contributed by atoms with Gasteiger partial charge < -0.3 is 5.11 Å². The first-order valence-electron chi connectivity index (χ1n) is 5.50. The third-order valence-electron chi connectivity index (χ3n) is 3.81. The Labute approximate surface area is 82.5 Å². The van der Waals surface area contributed by atoms with Crippen LogP contribution in [0.3, 0.4) is 0 Å². The Hall–Kier alpha value is -0.0400. The molecule has 0 amide bonds. The van der Waals surface area contributed by atoms with Crippen LogP contribution in [0.2, 0.25) is 0 Å². The Morgan fingerprint density at radius 2 is 1.62 bits per heavy atom. The Morgan fingerprint density at radius 1 is 1.08 bits per heavy atom. The average molecular weight is 184 g/mol. The van der Waals surface area contributed by atoms with Gasteiger partial charge in [0.2, 0.25) is 0 Å². The second-order valence-corrected chi connectivity index (χ2v) is 5.93. The summed E-state index contributed by atoms with van der Waals surface area (Å²) in [4.78, 5) is 0. The molecule has 13 heavy (non-hydrogen) atoms. The zero-order valence-electron chi connectivity index (χ0n) is 9.67. The van der Waals surface area contributed by atoms with Gasteiger partial charge in [-0.05, 0) is 36.0 Å². The second kappa shape index (κ2) is 3.61. The summed E-state index contributed by atoms with van der Waals surface area (Å²) in [6, 6.07) is 0. The van der Waals surface area contributed by atoms with Crippen molar-refractivity contribution in [3.63, 3.8) is 0 Å². The van der Waals surface area contributed by atoms with Gasteiger partial charge in [-0.3, -0.25) is 0 Å². The molecule has 1 N–H and O–H groups in total. The summed E-state index contributed by atoms with van der Waals surface area (Å²) in [5.41, 5.74) is 0.342. The van der Waals surface area contributed by atoms with Crippen LogP contribution in [0.15, 0.2) is 0 Å². The molecule has 0 spiro atoms. The highest BCUT2D eigenvalue weighted by Crippen LogP contribution is 2.44. The summed E-state index contributed by atoms with van der Waals surface area (Å²) in [6.45, 7) is 11.5. The molecule has 1 saturated carbocycles. The van der Waals surface area contributed by atoms with Gasteiger partial charge in [-0.1, -0.05) is 34.6 Å². The Balaban J connectivity index is 2.72. The third kappa shape index (κ3) is 2.46. The largest absolute Gasteiger partial charge is 0.393 e. The van der Waals surface area contributed by atoms with E-state index in [1.54, 1.807) is 0 Å². The van der Waals surface area contributed by atoms with E-state index in [9.17, 15) is 5.11 Å². The van der Waals surface area contributed by atoms with Crippen molar-refractivity contribution in [1.29, 1.82) is 0 Å². The van der Waals surface area contributed by atoms with Gasteiger partial charge in [0.15, 0.2) is 0 Å². The summed E-state index contributed by atoms with van der Waals surface area (Å²) in [7, 11) is 0. The van der Waals surface area contributed by atoms with Crippen LogP contribution in [0.1, 0.15) is 47.5 Å². The van der Waals surface area contributed by atoms with Crippen LogP contribution in [0, 0.1) is 23.2 Å². The van der Waals surface area contributed by atoms with Crippen LogP contribution >= 0.6 is 0 Å². The molecule has 0 saturated heterocycles. The van der Waals surface area contributed by atoms with Gasteiger partial charge >= 0.3 is 0 Å². The van der Waals surface area contributed by atoms with Gasteiger partial charge in [0, 0.05) is 0 Å². The molecule has 4 atom stereocenters. The number of aliphatic hydroxyl groups is 1. The molecular formula is C12H24O. The molecule has 1 aliphatic rings. The average Bonchev–Trinajstić information content (AvgIpc) is 1.94. The van der Waals surface area contributed by atoms with E-state index in [2.05, 4.69) is 34.6 Å². The summed E-state index contributed by atoms with van der Waals surface area (Å²) >= 11 is 0. The highest BCUT2D eigenvalue weighted by molar-refractivity contribution is 4.88. The fraction of sp³-hybridized carbons (Fsp3) is 1.00. The summed E-state index contributed by atoms with van der Waals surface area (Å²) < 4.78 is 0. The zero-order valence-corrected chi connectivity index (χ0v) is 9.67. The first kappa shape index (κ1) is 11.0. The normalized spacial score (nSPS) is 42.0. The topological polar surface area (TPSA) is 20.2 Å². The van der Waals surface area contributed by atoms with Crippen LogP contribution in [0.5, 0.6) is 0 Å². The maximum absolute atomic E-state index is 9.73. The van der Waals surface area contributed by atoms with Gasteiger partial charge in [-0.25, -0.2) is 0 Å². The maximum Gasteiger partial charge on any atom is 0.0545 e. The van der Waals surface area contributed by atoms with Crippen molar-refractivity contribution in [3.05, 3.63) is 0 Å². The van der Waals surface area contributed by atoms with Crippen molar-refractivity contribution >= 4 is 0 Å². The van der Waals surface area contributed by atoms with Crippen LogP contribution in [-0.4, -0.2) is 11.2 Å². The molecule has 0 bridgehead atoms. The van der Waals surface area contributed by atoms with Gasteiger partial charge in [-0.2, -0.15) is 0 Å². The SMILES string of the molecule is CC1CC(O)CC(C(C)(C)C)C1C. The number of aliphatic hydroxyl groups excluding tert-OH is 1. The lowest BCUT2D eigenvalue weighted by molar-refractivity contribution is -0.00527. The molecular weight excluding hydrogens is 160 g/mol. The fourth-order valence-electron chi connectivity index (χ4n) is 2.79. The van der Waals surface area contributed by atoms with Crippen LogP contribution in [0.25, 0.3) is 0 Å². The predicted molar refractivity (Wildman–Crippen MR) is 56.5 cm³/mol. The van der Waals surface area contributed by atoms with E-state index in [1.807, 2.05) is 0 Å². The molecule has 1 aliphatic carbocycles. The number of hydrogen-bond donors (Lipinski definition) is 1. The van der Waals surface area contributed by atoms with E-state index in [0.29, 0.717) is 17.3 Å². The minimum absolute atomic E-state index is 0.0598. The molecule has 78 valence electrons. The van der Waals surface area contributed by atoms with Crippen LogP contribution < -0.4 is 0 Å². The van der Waals surface area contributed by atoms with Gasteiger partial charge in [0.1, 0.15) is 0 Å². The first-order valence-corrected chi connectivity index (χ1v) is 5.50. The quantitative estimate of drug-likeness (QED) is 0.613. The second-order valence-electron chi connectivity index (χ2n) is 5.93. The van der Waals surface area contributed by atoms with Gasteiger partial charge in [-0.15, -0.1) is 0 Å². The van der Waals surface area contributed by atoms with E-state index < -0.39 is 0 Å². The van der Waals surface area contributed by atoms with E-state index >= 15 is 0 Å². The van der Waals surface area contributed by atoms with Gasteiger partial charge in [0.25, 0.3) is 0 Å². The molecule has 0 radical (unpaired) electrons. The highest BCUT2D eigenvalue weighted by Gasteiger charge is 2.38. The Bertz CT molecular complexity index is 168. The number of hydrogen-bond acceptors (Lipinski definition) is 1. The molecule has 0 aromatic carbocycles. The lowest BCUT2D eigenvalue weighted by Gasteiger charge is -2.44. The van der Waals surface area contributed by atoms with Crippen molar-refractivity contribution in [1.82, 2.24) is 0 Å². The number of rotatable bonds is 0. The molecule has 1 rings (SSSR count). The van der Waals surface area contributed by atoms with Gasteiger partial charge in [0.05, 0.1) is 6.10 Å². The zero-order chi connectivity index (χ0) is 10.2. The van der Waals surface area contributed by atoms with Crippen molar-refractivity contribution in [3.8, 4) is 0 Å². The minimum Gasteiger partial charge on any atom is -0.393 e. The van der Waals surface area contributed by atoms with E-state index in [0.717, 1.165) is 18.8 Å². The molecule has 4 unspecified atom stereocenters. The predicted octanol–water partition coefficient (Wildman–Crippen LogP) is 3.08. The van der Waals surface area contributed by atoms with Crippen molar-refractivity contribution < 1.29 is 5.11 Å². The van der Waals surface area contributed by atoms with Crippen LogP contribution in [0.4, 0.5) is 0 Å². The molecule has 0 heterocycles. The maximum atomic E-state index is 9.73. The Morgan fingerprint density at radius 3 is 2.08 bits per heavy atom. The van der Waals surface area contributed by atoms with Crippen molar-refractivity contribution in [2.45, 2.75) is 53.6 Å². The summed E-state index contributed by atoms with van der Waals surface area (Å²) in [6.07, 6.45) is 1.93. The van der Waals surface area contributed by atoms with Crippen molar-refractivity contribution in [2.75, 3.05) is 0 Å². The molecule has 1 fully saturated rings. The fourth-order valence-corrected chi connectivity index (χ4v) is 2.79. The standard InChI is InChI=1S/C12H24O/c1-8-6-10(13)7-11(9(8)2)12(3,4)5/h8-11,13H,6-7H2,1-5H3. The van der Waals surface area contributed by atoms with Crippen molar-refractivity contribution in [2.24, 2.45) is 23.2 Å². The smallest absolute Gasteiger partial charge is 0.0545 e. The lowest BCUT2D eigenvalue weighted by atomic mass is 9.63. The van der Waals surface area contributed by atoms with E-state index in [1.165, 1.54) is 0 Å². The molecule has 0 aromatic heterocycles. The molecule has 1 heteroatoms. The lowest BCUT2D eigenvalue weighted by Crippen LogP contribution is -2.39. The Kier molecular flexibility index (Phi) is 3.06. The van der Waals surface area contributed by atoms with E-state index in [4.69, 9.17) is 0 Å².